The molecule has 0 saturated heterocycles. The summed E-state index contributed by atoms with van der Waals surface area (Å²) in [6.45, 7) is 1.83. The number of methoxy groups -OCH3 is 1. The van der Waals surface area contributed by atoms with Crippen molar-refractivity contribution in [3.63, 3.8) is 0 Å². The predicted molar refractivity (Wildman–Crippen MR) is 109 cm³/mol. The molecule has 0 unspecified atom stereocenters. The highest BCUT2D eigenvalue weighted by molar-refractivity contribution is 7.92. The molecule has 3 aromatic carbocycles. The molecular weight excluding hydrogens is 395 g/mol. The van der Waals surface area contributed by atoms with Crippen LogP contribution in [0.2, 0.25) is 0 Å². The third-order valence-corrected chi connectivity index (χ3v) is 5.61. The first-order valence-electron chi connectivity index (χ1n) is 8.63. The smallest absolute Gasteiger partial charge is 0.264 e. The van der Waals surface area contributed by atoms with E-state index in [1.165, 1.54) is 25.3 Å². The summed E-state index contributed by atoms with van der Waals surface area (Å²) in [6, 6.07) is 16.5. The normalized spacial score (nSPS) is 11.0. The first-order chi connectivity index (χ1) is 13.8. The zero-order chi connectivity index (χ0) is 21.0. The maximum absolute atomic E-state index is 14.3. The van der Waals surface area contributed by atoms with Gasteiger partial charge in [0.05, 0.1) is 7.11 Å². The summed E-state index contributed by atoms with van der Waals surface area (Å²) < 4.78 is 46.9. The van der Waals surface area contributed by atoms with Crippen LogP contribution in [0.5, 0.6) is 5.75 Å². The number of hydrogen-bond donors (Lipinski definition) is 2. The minimum atomic E-state index is -4.25. The number of ether oxygens (including phenoxy) is 1. The lowest BCUT2D eigenvalue weighted by Gasteiger charge is -2.12. The quantitative estimate of drug-likeness (QED) is 0.633. The standard InChI is InChI=1S/C21H19FN2O4S/c1-14-5-3-4-6-19(14)23-21(25)15-7-12-18(22)20(13-15)29(26,27)24-16-8-10-17(28-2)11-9-16/h3-13,24H,1-2H3,(H,23,25). The van der Waals surface area contributed by atoms with Crippen molar-refractivity contribution in [1.29, 1.82) is 0 Å². The molecular formula is C21H19FN2O4S. The van der Waals surface area contributed by atoms with Gasteiger partial charge in [0.2, 0.25) is 0 Å². The molecule has 0 atom stereocenters. The molecule has 0 fully saturated rings. The van der Waals surface area contributed by atoms with Crippen molar-refractivity contribution in [3.8, 4) is 5.75 Å². The Morgan fingerprint density at radius 3 is 2.34 bits per heavy atom. The van der Waals surface area contributed by atoms with Crippen LogP contribution < -0.4 is 14.8 Å². The molecule has 0 saturated carbocycles. The number of halogens is 1. The third-order valence-electron chi connectivity index (χ3n) is 4.22. The molecule has 150 valence electrons. The van der Waals surface area contributed by atoms with E-state index in [2.05, 4.69) is 10.0 Å². The molecule has 6 nitrogen and oxygen atoms in total. The summed E-state index contributed by atoms with van der Waals surface area (Å²) in [6.07, 6.45) is 0. The van der Waals surface area contributed by atoms with Crippen molar-refractivity contribution in [2.45, 2.75) is 11.8 Å². The van der Waals surface area contributed by atoms with E-state index in [9.17, 15) is 17.6 Å². The van der Waals surface area contributed by atoms with Gasteiger partial charge in [0.25, 0.3) is 15.9 Å². The number of aryl methyl sites for hydroxylation is 1. The van der Waals surface area contributed by atoms with Gasteiger partial charge in [-0.2, -0.15) is 0 Å². The third kappa shape index (κ3) is 4.72. The number of benzene rings is 3. The Hall–Kier alpha value is -3.39. The Bertz CT molecular complexity index is 1150. The molecule has 0 radical (unpaired) electrons. The lowest BCUT2D eigenvalue weighted by molar-refractivity contribution is 0.102. The molecule has 29 heavy (non-hydrogen) atoms. The largest absolute Gasteiger partial charge is 0.497 e. The highest BCUT2D eigenvalue weighted by atomic mass is 32.2. The van der Waals surface area contributed by atoms with E-state index in [1.54, 1.807) is 24.3 Å². The topological polar surface area (TPSA) is 84.5 Å². The predicted octanol–water partition coefficient (Wildman–Crippen LogP) is 4.20. The second-order valence-corrected chi connectivity index (χ2v) is 7.90. The molecule has 0 heterocycles. The van der Waals surface area contributed by atoms with Gasteiger partial charge in [-0.1, -0.05) is 18.2 Å². The van der Waals surface area contributed by atoms with E-state index in [4.69, 9.17) is 4.74 Å². The van der Waals surface area contributed by atoms with Crippen LogP contribution in [0.4, 0.5) is 15.8 Å². The highest BCUT2D eigenvalue weighted by Gasteiger charge is 2.22. The van der Waals surface area contributed by atoms with Crippen LogP contribution in [0.3, 0.4) is 0 Å². The molecule has 2 N–H and O–H groups in total. The van der Waals surface area contributed by atoms with Crippen molar-refractivity contribution < 1.29 is 22.3 Å². The fraction of sp³-hybridized carbons (Fsp3) is 0.0952. The van der Waals surface area contributed by atoms with Crippen molar-refractivity contribution in [1.82, 2.24) is 0 Å². The van der Waals surface area contributed by atoms with E-state index in [0.717, 1.165) is 17.7 Å². The lowest BCUT2D eigenvalue weighted by Crippen LogP contribution is -2.17. The van der Waals surface area contributed by atoms with Crippen LogP contribution >= 0.6 is 0 Å². The molecule has 1 amide bonds. The molecule has 0 aliphatic rings. The molecule has 0 aliphatic carbocycles. The van der Waals surface area contributed by atoms with Gasteiger partial charge in [0.15, 0.2) is 0 Å². The van der Waals surface area contributed by atoms with Gasteiger partial charge in [-0.15, -0.1) is 0 Å². The van der Waals surface area contributed by atoms with Crippen molar-refractivity contribution in [2.24, 2.45) is 0 Å². The van der Waals surface area contributed by atoms with Gasteiger partial charge < -0.3 is 10.1 Å². The summed E-state index contributed by atoms with van der Waals surface area (Å²) in [5.74, 6) is -0.951. The van der Waals surface area contributed by atoms with E-state index < -0.39 is 26.6 Å². The fourth-order valence-corrected chi connectivity index (χ4v) is 3.79. The second-order valence-electron chi connectivity index (χ2n) is 6.25. The van der Waals surface area contributed by atoms with Gasteiger partial charge in [-0.25, -0.2) is 12.8 Å². The Labute approximate surface area is 168 Å². The molecule has 8 heteroatoms. The molecule has 0 aliphatic heterocycles. The molecule has 3 rings (SSSR count). The lowest BCUT2D eigenvalue weighted by atomic mass is 10.1. The van der Waals surface area contributed by atoms with Crippen molar-refractivity contribution in [3.05, 3.63) is 83.7 Å². The number of carbonyl (C=O) groups is 1. The molecule has 0 aromatic heterocycles. The first kappa shape index (κ1) is 20.3. The number of nitrogens with one attached hydrogen (secondary N) is 2. The highest BCUT2D eigenvalue weighted by Crippen LogP contribution is 2.23. The van der Waals surface area contributed by atoms with Crippen molar-refractivity contribution in [2.75, 3.05) is 17.1 Å². The van der Waals surface area contributed by atoms with Crippen LogP contribution in [-0.2, 0) is 10.0 Å². The number of rotatable bonds is 6. The molecule has 0 bridgehead atoms. The van der Waals surface area contributed by atoms with Gasteiger partial charge >= 0.3 is 0 Å². The van der Waals surface area contributed by atoms with Crippen LogP contribution in [-0.4, -0.2) is 21.4 Å². The Morgan fingerprint density at radius 1 is 1.00 bits per heavy atom. The molecule has 0 spiro atoms. The molecule has 3 aromatic rings. The van der Waals surface area contributed by atoms with E-state index in [1.807, 2.05) is 19.1 Å². The SMILES string of the molecule is COc1ccc(NS(=O)(=O)c2cc(C(=O)Nc3ccccc3C)ccc2F)cc1. The van der Waals surface area contributed by atoms with Crippen molar-refractivity contribution >= 4 is 27.3 Å². The zero-order valence-corrected chi connectivity index (χ0v) is 16.6. The summed E-state index contributed by atoms with van der Waals surface area (Å²) in [5, 5.41) is 2.70. The van der Waals surface area contributed by atoms with Gasteiger partial charge in [0.1, 0.15) is 16.5 Å². The fourth-order valence-electron chi connectivity index (χ4n) is 2.63. The number of para-hydroxylation sites is 1. The summed E-state index contributed by atoms with van der Waals surface area (Å²) in [7, 11) is -2.76. The number of carbonyl (C=O) groups excluding carboxylic acids is 1. The van der Waals surface area contributed by atoms with Gasteiger partial charge in [0, 0.05) is 16.9 Å². The number of hydrogen-bond acceptors (Lipinski definition) is 4. The van der Waals surface area contributed by atoms with Crippen LogP contribution in [0.25, 0.3) is 0 Å². The average molecular weight is 414 g/mol. The summed E-state index contributed by atoms with van der Waals surface area (Å²) in [4.78, 5) is 11.9. The summed E-state index contributed by atoms with van der Waals surface area (Å²) in [5.41, 5.74) is 1.68. The maximum Gasteiger partial charge on any atom is 0.264 e. The van der Waals surface area contributed by atoms with E-state index in [-0.39, 0.29) is 11.3 Å². The van der Waals surface area contributed by atoms with Gasteiger partial charge in [-0.05, 0) is 61.0 Å². The minimum absolute atomic E-state index is 0.0183. The van der Waals surface area contributed by atoms with Crippen LogP contribution in [0, 0.1) is 12.7 Å². The Balaban J connectivity index is 1.87. The average Bonchev–Trinajstić information content (AvgIpc) is 2.70. The Kier molecular flexibility index (Phi) is 5.84. The Morgan fingerprint density at radius 2 is 1.69 bits per heavy atom. The summed E-state index contributed by atoms with van der Waals surface area (Å²) >= 11 is 0. The van der Waals surface area contributed by atoms with E-state index >= 15 is 0 Å². The minimum Gasteiger partial charge on any atom is -0.497 e. The monoisotopic (exact) mass is 414 g/mol. The number of amides is 1. The van der Waals surface area contributed by atoms with Crippen LogP contribution in [0.1, 0.15) is 15.9 Å². The number of anilines is 2. The van der Waals surface area contributed by atoms with Crippen LogP contribution in [0.15, 0.2) is 71.6 Å². The number of sulfonamides is 1. The zero-order valence-electron chi connectivity index (χ0n) is 15.8. The van der Waals surface area contributed by atoms with E-state index in [0.29, 0.717) is 11.4 Å². The first-order valence-corrected chi connectivity index (χ1v) is 10.1. The second kappa shape index (κ2) is 8.32. The maximum atomic E-state index is 14.3. The van der Waals surface area contributed by atoms with Gasteiger partial charge in [-0.3, -0.25) is 9.52 Å².